The molecule has 0 spiro atoms. The van der Waals surface area contributed by atoms with Crippen molar-refractivity contribution in [3.05, 3.63) is 35.4 Å². The molecule has 1 aromatic rings. The minimum absolute atomic E-state index is 0.0910. The van der Waals surface area contributed by atoms with E-state index in [1.54, 1.807) is 6.08 Å². The standard InChI is InChI=1S/C15H22ClNO2/c1-3-8-18-14-6-5-13(10-12(2)17)15(11-14)19-9-4-7-16/h4-7,11-12H,3,8-10,17H2,1-2H3/b7-4+. The Morgan fingerprint density at radius 1 is 1.37 bits per heavy atom. The predicted molar refractivity (Wildman–Crippen MR) is 80.1 cm³/mol. The monoisotopic (exact) mass is 283 g/mol. The van der Waals surface area contributed by atoms with Gasteiger partial charge in [0.2, 0.25) is 0 Å². The molecule has 1 aromatic carbocycles. The molecule has 4 heteroatoms. The minimum Gasteiger partial charge on any atom is -0.493 e. The van der Waals surface area contributed by atoms with Crippen LogP contribution < -0.4 is 15.2 Å². The molecule has 0 radical (unpaired) electrons. The molecule has 3 nitrogen and oxygen atoms in total. The molecule has 0 aromatic heterocycles. The van der Waals surface area contributed by atoms with Crippen molar-refractivity contribution in [3.63, 3.8) is 0 Å². The quantitative estimate of drug-likeness (QED) is 0.794. The Balaban J connectivity index is 2.83. The molecular weight excluding hydrogens is 262 g/mol. The molecule has 0 heterocycles. The van der Waals surface area contributed by atoms with Gasteiger partial charge >= 0.3 is 0 Å². The number of hydrogen-bond donors (Lipinski definition) is 1. The Morgan fingerprint density at radius 3 is 2.79 bits per heavy atom. The van der Waals surface area contributed by atoms with Crippen molar-refractivity contribution < 1.29 is 9.47 Å². The zero-order valence-corrected chi connectivity index (χ0v) is 12.3. The maximum Gasteiger partial charge on any atom is 0.126 e. The third-order valence-corrected chi connectivity index (χ3v) is 2.66. The lowest BCUT2D eigenvalue weighted by atomic mass is 10.1. The second-order valence-corrected chi connectivity index (χ2v) is 4.72. The van der Waals surface area contributed by atoms with Gasteiger partial charge in [0.05, 0.1) is 6.61 Å². The van der Waals surface area contributed by atoms with Crippen LogP contribution in [0.2, 0.25) is 0 Å². The fraction of sp³-hybridized carbons (Fsp3) is 0.467. The molecule has 1 rings (SSSR count). The maximum absolute atomic E-state index is 5.84. The van der Waals surface area contributed by atoms with Gasteiger partial charge in [-0.05, 0) is 37.5 Å². The fourth-order valence-corrected chi connectivity index (χ4v) is 1.74. The average Bonchev–Trinajstić information content (AvgIpc) is 2.38. The van der Waals surface area contributed by atoms with Crippen LogP contribution in [-0.2, 0) is 6.42 Å². The number of nitrogens with two attached hydrogens (primary N) is 1. The van der Waals surface area contributed by atoms with E-state index in [9.17, 15) is 0 Å². The highest BCUT2D eigenvalue weighted by molar-refractivity contribution is 6.25. The summed E-state index contributed by atoms with van der Waals surface area (Å²) in [5.74, 6) is 1.63. The Hall–Kier alpha value is -1.19. The predicted octanol–water partition coefficient (Wildman–Crippen LogP) is 3.50. The highest BCUT2D eigenvalue weighted by Gasteiger charge is 2.08. The first-order valence-corrected chi connectivity index (χ1v) is 7.00. The summed E-state index contributed by atoms with van der Waals surface area (Å²) in [4.78, 5) is 0. The molecule has 106 valence electrons. The van der Waals surface area contributed by atoms with Crippen LogP contribution >= 0.6 is 11.6 Å². The summed E-state index contributed by atoms with van der Waals surface area (Å²) >= 11 is 5.49. The SMILES string of the molecule is CCCOc1ccc(CC(C)N)c(OC/C=C/Cl)c1. The van der Waals surface area contributed by atoms with Gasteiger partial charge < -0.3 is 15.2 Å². The molecule has 0 fully saturated rings. The first-order valence-electron chi connectivity index (χ1n) is 6.56. The maximum atomic E-state index is 5.84. The second kappa shape index (κ2) is 8.83. The largest absolute Gasteiger partial charge is 0.493 e. The van der Waals surface area contributed by atoms with Gasteiger partial charge in [-0.25, -0.2) is 0 Å². The third kappa shape index (κ3) is 5.99. The third-order valence-electron chi connectivity index (χ3n) is 2.48. The van der Waals surface area contributed by atoms with Crippen molar-refractivity contribution in [1.29, 1.82) is 0 Å². The zero-order valence-electron chi connectivity index (χ0n) is 11.6. The van der Waals surface area contributed by atoms with Crippen LogP contribution in [0.4, 0.5) is 0 Å². The van der Waals surface area contributed by atoms with E-state index in [2.05, 4.69) is 6.92 Å². The van der Waals surface area contributed by atoms with E-state index in [1.807, 2.05) is 25.1 Å². The van der Waals surface area contributed by atoms with Gasteiger partial charge in [-0.3, -0.25) is 0 Å². The topological polar surface area (TPSA) is 44.5 Å². The van der Waals surface area contributed by atoms with E-state index >= 15 is 0 Å². The van der Waals surface area contributed by atoms with Crippen LogP contribution in [0.25, 0.3) is 0 Å². The molecule has 0 aliphatic rings. The average molecular weight is 284 g/mol. The Labute approximate surface area is 120 Å². The molecule has 1 atom stereocenters. The molecule has 19 heavy (non-hydrogen) atoms. The zero-order chi connectivity index (χ0) is 14.1. The highest BCUT2D eigenvalue weighted by Crippen LogP contribution is 2.26. The van der Waals surface area contributed by atoms with Crippen LogP contribution in [0.1, 0.15) is 25.8 Å². The van der Waals surface area contributed by atoms with E-state index in [-0.39, 0.29) is 6.04 Å². The van der Waals surface area contributed by atoms with Crippen molar-refractivity contribution in [2.45, 2.75) is 32.7 Å². The van der Waals surface area contributed by atoms with Crippen molar-refractivity contribution in [3.8, 4) is 11.5 Å². The molecule has 0 saturated carbocycles. The summed E-state index contributed by atoms with van der Waals surface area (Å²) in [5.41, 5.74) is 8.38. The van der Waals surface area contributed by atoms with Crippen LogP contribution in [0.5, 0.6) is 11.5 Å². The lowest BCUT2D eigenvalue weighted by molar-refractivity contribution is 0.311. The number of halogens is 1. The molecule has 0 aliphatic heterocycles. The van der Waals surface area contributed by atoms with Gasteiger partial charge in [0.15, 0.2) is 0 Å². The van der Waals surface area contributed by atoms with E-state index in [0.29, 0.717) is 13.2 Å². The summed E-state index contributed by atoms with van der Waals surface area (Å²) in [6.45, 7) is 5.19. The van der Waals surface area contributed by atoms with Crippen LogP contribution in [0.3, 0.4) is 0 Å². The first kappa shape index (κ1) is 15.9. The lowest BCUT2D eigenvalue weighted by Crippen LogP contribution is -2.18. The second-order valence-electron chi connectivity index (χ2n) is 4.47. The summed E-state index contributed by atoms with van der Waals surface area (Å²) < 4.78 is 11.3. The van der Waals surface area contributed by atoms with E-state index in [4.69, 9.17) is 26.8 Å². The molecule has 0 amide bonds. The Kier molecular flexibility index (Phi) is 7.38. The van der Waals surface area contributed by atoms with E-state index in [1.165, 1.54) is 5.54 Å². The molecule has 1 unspecified atom stereocenters. The van der Waals surface area contributed by atoms with Crippen LogP contribution in [0, 0.1) is 0 Å². The number of hydrogen-bond acceptors (Lipinski definition) is 3. The molecule has 2 N–H and O–H groups in total. The molecule has 0 aliphatic carbocycles. The van der Waals surface area contributed by atoms with E-state index < -0.39 is 0 Å². The fourth-order valence-electron chi connectivity index (χ4n) is 1.67. The lowest BCUT2D eigenvalue weighted by Gasteiger charge is -2.14. The van der Waals surface area contributed by atoms with Gasteiger partial charge in [-0.15, -0.1) is 0 Å². The van der Waals surface area contributed by atoms with Crippen molar-refractivity contribution in [2.24, 2.45) is 5.73 Å². The van der Waals surface area contributed by atoms with Gasteiger partial charge in [-0.2, -0.15) is 0 Å². The highest BCUT2D eigenvalue weighted by atomic mass is 35.5. The van der Waals surface area contributed by atoms with Crippen LogP contribution in [-0.4, -0.2) is 19.3 Å². The summed E-state index contributed by atoms with van der Waals surface area (Å²) in [7, 11) is 0. The summed E-state index contributed by atoms with van der Waals surface area (Å²) in [5, 5.41) is 0. The van der Waals surface area contributed by atoms with Crippen molar-refractivity contribution in [2.75, 3.05) is 13.2 Å². The van der Waals surface area contributed by atoms with Gasteiger partial charge in [-0.1, -0.05) is 24.6 Å². The summed E-state index contributed by atoms with van der Waals surface area (Å²) in [6, 6.07) is 5.97. The van der Waals surface area contributed by atoms with Crippen LogP contribution in [0.15, 0.2) is 29.8 Å². The van der Waals surface area contributed by atoms with Gasteiger partial charge in [0.25, 0.3) is 0 Å². The van der Waals surface area contributed by atoms with E-state index in [0.717, 1.165) is 29.9 Å². The molecule has 0 saturated heterocycles. The van der Waals surface area contributed by atoms with Gasteiger partial charge in [0, 0.05) is 17.6 Å². The molecular formula is C15H22ClNO2. The number of benzene rings is 1. The summed E-state index contributed by atoms with van der Waals surface area (Å²) in [6.07, 6.45) is 3.50. The molecule has 0 bridgehead atoms. The Morgan fingerprint density at radius 2 is 2.16 bits per heavy atom. The van der Waals surface area contributed by atoms with Crippen molar-refractivity contribution in [1.82, 2.24) is 0 Å². The van der Waals surface area contributed by atoms with Gasteiger partial charge in [0.1, 0.15) is 18.1 Å². The van der Waals surface area contributed by atoms with Crippen molar-refractivity contribution >= 4 is 11.6 Å². The minimum atomic E-state index is 0.0910. The first-order chi connectivity index (χ1) is 9.17. The Bertz CT molecular complexity index is 405. The number of rotatable bonds is 8. The number of ether oxygens (including phenoxy) is 2. The normalized spacial score (nSPS) is 12.6. The smallest absolute Gasteiger partial charge is 0.126 e.